The average molecular weight is 233 g/mol. The lowest BCUT2D eigenvalue weighted by Crippen LogP contribution is -2.13. The summed E-state index contributed by atoms with van der Waals surface area (Å²) in [4.78, 5) is 4.28. The molecule has 0 unspecified atom stereocenters. The van der Waals surface area contributed by atoms with Crippen LogP contribution in [0.3, 0.4) is 0 Å². The number of nitrogens with zero attached hydrogens (tertiary/aromatic N) is 2. The Morgan fingerprint density at radius 3 is 2.94 bits per heavy atom. The molecule has 0 fully saturated rings. The van der Waals surface area contributed by atoms with Gasteiger partial charge in [0.1, 0.15) is 11.6 Å². The maximum atomic E-state index is 13.0. The highest BCUT2D eigenvalue weighted by atomic mass is 19.1. The quantitative estimate of drug-likeness (QED) is 0.876. The minimum atomic E-state index is -0.188. The van der Waals surface area contributed by atoms with Gasteiger partial charge in [0.25, 0.3) is 0 Å². The number of hydrogen-bond acceptors (Lipinski definition) is 2. The van der Waals surface area contributed by atoms with Gasteiger partial charge in [0.2, 0.25) is 0 Å². The molecule has 1 N–H and O–H groups in total. The third kappa shape index (κ3) is 2.71. The van der Waals surface area contributed by atoms with Crippen LogP contribution in [-0.2, 0) is 13.1 Å². The van der Waals surface area contributed by atoms with Crippen molar-refractivity contribution < 1.29 is 4.39 Å². The number of benzene rings is 1. The summed E-state index contributed by atoms with van der Waals surface area (Å²) in [6.45, 7) is 3.38. The Kier molecular flexibility index (Phi) is 3.54. The summed E-state index contributed by atoms with van der Waals surface area (Å²) in [7, 11) is 1.89. The highest BCUT2D eigenvalue weighted by Crippen LogP contribution is 2.12. The van der Waals surface area contributed by atoms with Crippen LogP contribution in [0.4, 0.5) is 4.39 Å². The van der Waals surface area contributed by atoms with Gasteiger partial charge in [0, 0.05) is 18.9 Å². The molecule has 1 heterocycles. The van der Waals surface area contributed by atoms with Crippen LogP contribution in [-0.4, -0.2) is 16.6 Å². The van der Waals surface area contributed by atoms with Gasteiger partial charge in [-0.25, -0.2) is 9.37 Å². The van der Waals surface area contributed by atoms with Crippen LogP contribution in [0.5, 0.6) is 0 Å². The topological polar surface area (TPSA) is 29.9 Å². The van der Waals surface area contributed by atoms with Crippen LogP contribution in [0.2, 0.25) is 0 Å². The molecule has 0 aliphatic carbocycles. The Hall–Kier alpha value is -1.68. The van der Waals surface area contributed by atoms with Gasteiger partial charge in [-0.2, -0.15) is 0 Å². The molecule has 90 valence electrons. The molecule has 0 saturated heterocycles. The Morgan fingerprint density at radius 1 is 1.41 bits per heavy atom. The van der Waals surface area contributed by atoms with E-state index >= 15 is 0 Å². The van der Waals surface area contributed by atoms with Crippen LogP contribution in [0.25, 0.3) is 0 Å². The van der Waals surface area contributed by atoms with E-state index in [2.05, 4.69) is 14.9 Å². The third-order valence-electron chi connectivity index (χ3n) is 2.78. The molecule has 0 amide bonds. The highest BCUT2D eigenvalue weighted by Gasteiger charge is 2.05. The zero-order valence-electron chi connectivity index (χ0n) is 10.1. The van der Waals surface area contributed by atoms with Gasteiger partial charge < -0.3 is 9.88 Å². The molecule has 0 bridgehead atoms. The predicted molar refractivity (Wildman–Crippen MR) is 65.2 cm³/mol. The molecule has 1 aromatic heterocycles. The van der Waals surface area contributed by atoms with Gasteiger partial charge in [-0.3, -0.25) is 0 Å². The minimum Gasteiger partial charge on any atom is -0.329 e. The second kappa shape index (κ2) is 5.10. The van der Waals surface area contributed by atoms with Crippen molar-refractivity contribution in [3.8, 4) is 0 Å². The average Bonchev–Trinajstić information content (AvgIpc) is 2.71. The maximum Gasteiger partial charge on any atom is 0.123 e. The molecule has 17 heavy (non-hydrogen) atoms. The van der Waals surface area contributed by atoms with E-state index in [9.17, 15) is 4.39 Å². The van der Waals surface area contributed by atoms with Crippen molar-refractivity contribution in [1.82, 2.24) is 14.9 Å². The van der Waals surface area contributed by atoms with Crippen molar-refractivity contribution in [2.45, 2.75) is 20.0 Å². The molecule has 0 aliphatic rings. The first-order chi connectivity index (χ1) is 8.20. The van der Waals surface area contributed by atoms with Crippen molar-refractivity contribution in [1.29, 1.82) is 0 Å². The fourth-order valence-electron chi connectivity index (χ4n) is 1.83. The molecule has 4 heteroatoms. The van der Waals surface area contributed by atoms with Gasteiger partial charge in [-0.05, 0) is 37.2 Å². The predicted octanol–water partition coefficient (Wildman–Crippen LogP) is 2.10. The molecule has 0 saturated carbocycles. The number of aryl methyl sites for hydroxylation is 1. The van der Waals surface area contributed by atoms with Gasteiger partial charge in [-0.15, -0.1) is 0 Å². The molecule has 2 aromatic rings. The molecule has 1 aromatic carbocycles. The first kappa shape index (κ1) is 11.8. The van der Waals surface area contributed by atoms with Gasteiger partial charge in [0.15, 0.2) is 0 Å². The van der Waals surface area contributed by atoms with Crippen molar-refractivity contribution in [3.05, 3.63) is 53.4 Å². The SMILES string of the molecule is CNCc1nccn1Cc1ccc(F)cc1C. The minimum absolute atomic E-state index is 0.188. The fourth-order valence-corrected chi connectivity index (χ4v) is 1.83. The molecule has 2 rings (SSSR count). The van der Waals surface area contributed by atoms with E-state index < -0.39 is 0 Å². The zero-order chi connectivity index (χ0) is 12.3. The van der Waals surface area contributed by atoms with Gasteiger partial charge in [0.05, 0.1) is 6.54 Å². The smallest absolute Gasteiger partial charge is 0.123 e. The number of nitrogens with one attached hydrogen (secondary N) is 1. The zero-order valence-corrected chi connectivity index (χ0v) is 10.1. The third-order valence-corrected chi connectivity index (χ3v) is 2.78. The molecule has 0 atom stereocenters. The highest BCUT2D eigenvalue weighted by molar-refractivity contribution is 5.27. The second-order valence-corrected chi connectivity index (χ2v) is 4.07. The number of aromatic nitrogens is 2. The number of imidazole rings is 1. The van der Waals surface area contributed by atoms with Gasteiger partial charge >= 0.3 is 0 Å². The molecule has 0 radical (unpaired) electrons. The van der Waals surface area contributed by atoms with Crippen LogP contribution in [0, 0.1) is 12.7 Å². The summed E-state index contributed by atoms with van der Waals surface area (Å²) < 4.78 is 15.1. The van der Waals surface area contributed by atoms with Crippen LogP contribution in [0.1, 0.15) is 17.0 Å². The second-order valence-electron chi connectivity index (χ2n) is 4.07. The van der Waals surface area contributed by atoms with Crippen molar-refractivity contribution in [2.24, 2.45) is 0 Å². The van der Waals surface area contributed by atoms with E-state index in [1.165, 1.54) is 6.07 Å². The Bertz CT molecular complexity index is 505. The molecular formula is C13H16FN3. The first-order valence-corrected chi connectivity index (χ1v) is 5.60. The number of halogens is 1. The number of hydrogen-bond donors (Lipinski definition) is 1. The lowest BCUT2D eigenvalue weighted by atomic mass is 10.1. The summed E-state index contributed by atoms with van der Waals surface area (Å²) >= 11 is 0. The van der Waals surface area contributed by atoms with Crippen molar-refractivity contribution in [3.63, 3.8) is 0 Å². The summed E-state index contributed by atoms with van der Waals surface area (Å²) in [5.41, 5.74) is 2.08. The van der Waals surface area contributed by atoms with E-state index in [-0.39, 0.29) is 5.82 Å². The van der Waals surface area contributed by atoms with Crippen LogP contribution >= 0.6 is 0 Å². The van der Waals surface area contributed by atoms with E-state index in [0.717, 1.165) is 30.0 Å². The van der Waals surface area contributed by atoms with E-state index in [0.29, 0.717) is 0 Å². The fraction of sp³-hybridized carbons (Fsp3) is 0.308. The Morgan fingerprint density at radius 2 is 2.24 bits per heavy atom. The van der Waals surface area contributed by atoms with Gasteiger partial charge in [-0.1, -0.05) is 6.07 Å². The first-order valence-electron chi connectivity index (χ1n) is 5.60. The Balaban J connectivity index is 2.22. The molecule has 3 nitrogen and oxygen atoms in total. The standard InChI is InChI=1S/C13H16FN3/c1-10-7-12(14)4-3-11(10)9-17-6-5-16-13(17)8-15-2/h3-7,15H,8-9H2,1-2H3. The van der Waals surface area contributed by atoms with Crippen molar-refractivity contribution >= 4 is 0 Å². The maximum absolute atomic E-state index is 13.0. The summed E-state index contributed by atoms with van der Waals surface area (Å²) in [6, 6.07) is 4.88. The summed E-state index contributed by atoms with van der Waals surface area (Å²) in [5.74, 6) is 0.795. The van der Waals surface area contributed by atoms with Crippen LogP contribution < -0.4 is 5.32 Å². The molecular weight excluding hydrogens is 217 g/mol. The molecule has 0 aliphatic heterocycles. The van der Waals surface area contributed by atoms with Crippen LogP contribution in [0.15, 0.2) is 30.6 Å². The lowest BCUT2D eigenvalue weighted by Gasteiger charge is -2.10. The van der Waals surface area contributed by atoms with E-state index in [1.807, 2.05) is 26.2 Å². The van der Waals surface area contributed by atoms with Crippen molar-refractivity contribution in [2.75, 3.05) is 7.05 Å². The Labute approximate surface area is 100 Å². The van der Waals surface area contributed by atoms with E-state index in [4.69, 9.17) is 0 Å². The lowest BCUT2D eigenvalue weighted by molar-refractivity contribution is 0.623. The summed E-state index contributed by atoms with van der Waals surface area (Å²) in [5, 5.41) is 3.08. The largest absolute Gasteiger partial charge is 0.329 e. The monoisotopic (exact) mass is 233 g/mol. The van der Waals surface area contributed by atoms with E-state index in [1.54, 1.807) is 12.3 Å². The summed E-state index contributed by atoms with van der Waals surface area (Å²) in [6.07, 6.45) is 3.72. The normalized spacial score (nSPS) is 10.8. The number of rotatable bonds is 4. The molecule has 0 spiro atoms.